The first-order valence-corrected chi connectivity index (χ1v) is 12.0. The van der Waals surface area contributed by atoms with Crippen LogP contribution in [-0.2, 0) is 21.2 Å². The van der Waals surface area contributed by atoms with E-state index in [9.17, 15) is 13.2 Å². The molecule has 0 spiro atoms. The number of hydrogen-bond acceptors (Lipinski definition) is 4. The second-order valence-corrected chi connectivity index (χ2v) is 9.23. The van der Waals surface area contributed by atoms with E-state index in [1.165, 1.54) is 24.8 Å². The molecular weight excluding hydrogens is 424 g/mol. The normalized spacial score (nSPS) is 11.1. The molecular formula is C25H28N2O4S. The largest absolute Gasteiger partial charge is 0.497 e. The number of anilines is 2. The second-order valence-electron chi connectivity index (χ2n) is 7.37. The summed E-state index contributed by atoms with van der Waals surface area (Å²) in [5.74, 6) is 0.167. The highest BCUT2D eigenvalue weighted by atomic mass is 32.2. The van der Waals surface area contributed by atoms with Gasteiger partial charge in [-0.1, -0.05) is 43.7 Å². The Labute approximate surface area is 189 Å². The number of methoxy groups -OCH3 is 1. The van der Waals surface area contributed by atoms with E-state index in [0.29, 0.717) is 17.1 Å². The van der Waals surface area contributed by atoms with E-state index in [1.54, 1.807) is 42.5 Å². The zero-order chi connectivity index (χ0) is 23.0. The summed E-state index contributed by atoms with van der Waals surface area (Å²) < 4.78 is 32.9. The first-order valence-electron chi connectivity index (χ1n) is 10.5. The molecule has 0 aliphatic rings. The summed E-state index contributed by atoms with van der Waals surface area (Å²) in [7, 11) is -2.41. The molecule has 0 saturated heterocycles. The number of hydrogen-bond donors (Lipinski definition) is 1. The maximum atomic E-state index is 13.3. The first-order chi connectivity index (χ1) is 15.4. The molecule has 168 valence electrons. The van der Waals surface area contributed by atoms with Crippen molar-refractivity contribution in [3.8, 4) is 5.75 Å². The fraction of sp³-hybridized carbons (Fsp3) is 0.240. The van der Waals surface area contributed by atoms with Crippen molar-refractivity contribution in [3.63, 3.8) is 0 Å². The Balaban J connectivity index is 1.82. The Morgan fingerprint density at radius 3 is 2.19 bits per heavy atom. The minimum Gasteiger partial charge on any atom is -0.497 e. The van der Waals surface area contributed by atoms with Gasteiger partial charge >= 0.3 is 0 Å². The molecule has 0 aliphatic heterocycles. The fourth-order valence-electron chi connectivity index (χ4n) is 3.25. The summed E-state index contributed by atoms with van der Waals surface area (Å²) >= 11 is 0. The number of rotatable bonds is 10. The van der Waals surface area contributed by atoms with Crippen LogP contribution in [0.25, 0.3) is 0 Å². The zero-order valence-corrected chi connectivity index (χ0v) is 19.1. The summed E-state index contributed by atoms with van der Waals surface area (Å²) in [5, 5.41) is 2.80. The number of sulfonamides is 1. The monoisotopic (exact) mass is 452 g/mol. The van der Waals surface area contributed by atoms with Gasteiger partial charge in [0.15, 0.2) is 0 Å². The van der Waals surface area contributed by atoms with Crippen LogP contribution in [0.3, 0.4) is 0 Å². The average molecular weight is 453 g/mol. The van der Waals surface area contributed by atoms with Crippen LogP contribution in [0.2, 0.25) is 0 Å². The Morgan fingerprint density at radius 1 is 0.938 bits per heavy atom. The molecule has 0 heterocycles. The Kier molecular flexibility index (Phi) is 7.89. The lowest BCUT2D eigenvalue weighted by Gasteiger charge is -2.24. The van der Waals surface area contributed by atoms with Crippen LogP contribution in [0, 0.1) is 0 Å². The molecule has 0 radical (unpaired) electrons. The number of carbonyl (C=O) groups is 1. The highest BCUT2D eigenvalue weighted by Gasteiger charge is 2.27. The minimum atomic E-state index is -3.95. The van der Waals surface area contributed by atoms with E-state index in [1.807, 2.05) is 24.3 Å². The summed E-state index contributed by atoms with van der Waals surface area (Å²) in [6.45, 7) is 1.79. The molecule has 0 atom stereocenters. The van der Waals surface area contributed by atoms with Gasteiger partial charge in [0.2, 0.25) is 5.91 Å². The summed E-state index contributed by atoms with van der Waals surface area (Å²) in [4.78, 5) is 12.9. The quantitative estimate of drug-likeness (QED) is 0.476. The molecule has 7 heteroatoms. The first kappa shape index (κ1) is 23.3. The van der Waals surface area contributed by atoms with Crippen LogP contribution in [0.1, 0.15) is 25.3 Å². The molecule has 0 aromatic heterocycles. The lowest BCUT2D eigenvalue weighted by atomic mass is 10.1. The van der Waals surface area contributed by atoms with Crippen molar-refractivity contribution >= 4 is 27.3 Å². The van der Waals surface area contributed by atoms with Crippen LogP contribution >= 0.6 is 0 Å². The highest BCUT2D eigenvalue weighted by molar-refractivity contribution is 7.92. The predicted molar refractivity (Wildman–Crippen MR) is 128 cm³/mol. The van der Waals surface area contributed by atoms with E-state index in [0.717, 1.165) is 23.6 Å². The fourth-order valence-corrected chi connectivity index (χ4v) is 4.69. The van der Waals surface area contributed by atoms with E-state index in [4.69, 9.17) is 4.74 Å². The number of unbranched alkanes of at least 4 members (excludes halogenated alkanes) is 1. The molecule has 0 bridgehead atoms. The molecule has 3 rings (SSSR count). The van der Waals surface area contributed by atoms with Crippen LogP contribution in [0.4, 0.5) is 11.4 Å². The zero-order valence-electron chi connectivity index (χ0n) is 18.3. The van der Waals surface area contributed by atoms with Crippen LogP contribution < -0.4 is 14.4 Å². The van der Waals surface area contributed by atoms with Crippen molar-refractivity contribution in [2.45, 2.75) is 31.1 Å². The van der Waals surface area contributed by atoms with Crippen molar-refractivity contribution in [3.05, 3.63) is 84.4 Å². The third-order valence-electron chi connectivity index (χ3n) is 5.04. The Bertz CT molecular complexity index is 1110. The van der Waals surface area contributed by atoms with Gasteiger partial charge < -0.3 is 10.1 Å². The average Bonchev–Trinajstić information content (AvgIpc) is 2.82. The van der Waals surface area contributed by atoms with Gasteiger partial charge in [-0.15, -0.1) is 0 Å². The Hall–Kier alpha value is -3.32. The van der Waals surface area contributed by atoms with E-state index in [-0.39, 0.29) is 11.4 Å². The summed E-state index contributed by atoms with van der Waals surface area (Å²) in [6, 6.07) is 22.3. The van der Waals surface area contributed by atoms with Crippen LogP contribution in [0.15, 0.2) is 83.8 Å². The number of benzene rings is 3. The third kappa shape index (κ3) is 5.88. The molecule has 0 aliphatic carbocycles. The lowest BCUT2D eigenvalue weighted by molar-refractivity contribution is -0.114. The lowest BCUT2D eigenvalue weighted by Crippen LogP contribution is -2.38. The molecule has 0 unspecified atom stereocenters. The van der Waals surface area contributed by atoms with Crippen molar-refractivity contribution in [1.82, 2.24) is 0 Å². The molecule has 3 aromatic rings. The molecule has 0 fully saturated rings. The number of aryl methyl sites for hydroxylation is 1. The van der Waals surface area contributed by atoms with Gasteiger partial charge in [-0.3, -0.25) is 9.10 Å². The van der Waals surface area contributed by atoms with Gasteiger partial charge in [0, 0.05) is 5.69 Å². The van der Waals surface area contributed by atoms with E-state index < -0.39 is 15.9 Å². The van der Waals surface area contributed by atoms with Gasteiger partial charge in [0.05, 0.1) is 17.7 Å². The van der Waals surface area contributed by atoms with Gasteiger partial charge in [-0.25, -0.2) is 8.42 Å². The van der Waals surface area contributed by atoms with Gasteiger partial charge in [0.1, 0.15) is 12.3 Å². The summed E-state index contributed by atoms with van der Waals surface area (Å²) in [5.41, 5.74) is 2.21. The smallest absolute Gasteiger partial charge is 0.264 e. The predicted octanol–water partition coefficient (Wildman–Crippen LogP) is 4.87. The van der Waals surface area contributed by atoms with Crippen molar-refractivity contribution < 1.29 is 17.9 Å². The third-order valence-corrected chi connectivity index (χ3v) is 6.82. The standard InChI is InChI=1S/C25H28N2O4S/c1-3-4-8-20-11-13-21(14-12-20)26-25(28)19-27(22-15-17-23(31-2)18-16-22)32(29,30)24-9-6-5-7-10-24/h5-7,9-18H,3-4,8,19H2,1-2H3,(H,26,28). The number of nitrogens with zero attached hydrogens (tertiary/aromatic N) is 1. The topological polar surface area (TPSA) is 75.7 Å². The molecule has 0 saturated carbocycles. The highest BCUT2D eigenvalue weighted by Crippen LogP contribution is 2.26. The van der Waals surface area contributed by atoms with Crippen LogP contribution in [-0.4, -0.2) is 28.0 Å². The molecule has 3 aromatic carbocycles. The van der Waals surface area contributed by atoms with Crippen LogP contribution in [0.5, 0.6) is 5.75 Å². The molecule has 6 nitrogen and oxygen atoms in total. The number of ether oxygens (including phenoxy) is 1. The summed E-state index contributed by atoms with van der Waals surface area (Å²) in [6.07, 6.45) is 3.22. The van der Waals surface area contributed by atoms with E-state index in [2.05, 4.69) is 12.2 Å². The van der Waals surface area contributed by atoms with Crippen molar-refractivity contribution in [2.24, 2.45) is 0 Å². The molecule has 1 N–H and O–H groups in total. The second kappa shape index (κ2) is 10.8. The SMILES string of the molecule is CCCCc1ccc(NC(=O)CN(c2ccc(OC)cc2)S(=O)(=O)c2ccccc2)cc1. The van der Waals surface area contributed by atoms with Crippen molar-refractivity contribution in [1.29, 1.82) is 0 Å². The molecule has 1 amide bonds. The Morgan fingerprint density at radius 2 is 1.59 bits per heavy atom. The van der Waals surface area contributed by atoms with Gasteiger partial charge in [-0.2, -0.15) is 0 Å². The van der Waals surface area contributed by atoms with E-state index >= 15 is 0 Å². The maximum Gasteiger partial charge on any atom is 0.264 e. The number of nitrogens with one attached hydrogen (secondary N) is 1. The van der Waals surface area contributed by atoms with Gasteiger partial charge in [0.25, 0.3) is 10.0 Å². The maximum absolute atomic E-state index is 13.3. The number of amides is 1. The van der Waals surface area contributed by atoms with Crippen molar-refractivity contribution in [2.75, 3.05) is 23.3 Å². The minimum absolute atomic E-state index is 0.115. The number of carbonyl (C=O) groups excluding carboxylic acids is 1. The molecule has 32 heavy (non-hydrogen) atoms. The van der Waals surface area contributed by atoms with Gasteiger partial charge in [-0.05, 0) is 66.9 Å².